The molecule has 1 aromatic carbocycles. The fourth-order valence-corrected chi connectivity index (χ4v) is 1.68. The quantitative estimate of drug-likeness (QED) is 0.726. The van der Waals surface area contributed by atoms with Gasteiger partial charge in [-0.3, -0.25) is 4.79 Å². The lowest BCUT2D eigenvalue weighted by molar-refractivity contribution is -0.115. The summed E-state index contributed by atoms with van der Waals surface area (Å²) in [4.78, 5) is 10.9. The third-order valence-corrected chi connectivity index (χ3v) is 2.23. The summed E-state index contributed by atoms with van der Waals surface area (Å²) in [6.07, 6.45) is 0.147. The van der Waals surface area contributed by atoms with Gasteiger partial charge in [0.25, 0.3) is 0 Å². The molecule has 12 heavy (non-hydrogen) atoms. The molecule has 62 valence electrons. The number of nitrogens with one attached hydrogen (secondary N) is 1. The highest BCUT2D eigenvalue weighted by Crippen LogP contribution is 2.29. The molecule has 0 aromatic heterocycles. The molecule has 2 nitrogen and oxygen atoms in total. The van der Waals surface area contributed by atoms with E-state index in [1.165, 1.54) is 6.07 Å². The van der Waals surface area contributed by atoms with Crippen LogP contribution in [0.25, 0.3) is 0 Å². The highest BCUT2D eigenvalue weighted by molar-refractivity contribution is 9.10. The minimum atomic E-state index is -0.335. The van der Waals surface area contributed by atoms with Gasteiger partial charge >= 0.3 is 0 Å². The van der Waals surface area contributed by atoms with Gasteiger partial charge in [0.05, 0.1) is 6.42 Å². The molecule has 4 heteroatoms. The summed E-state index contributed by atoms with van der Waals surface area (Å²) in [6, 6.07) is 3.06. The number of carbonyl (C=O) groups excluding carboxylic acids is 1. The highest BCUT2D eigenvalue weighted by Gasteiger charge is 2.21. The zero-order chi connectivity index (χ0) is 8.72. The van der Waals surface area contributed by atoms with E-state index in [2.05, 4.69) is 21.2 Å². The zero-order valence-electron chi connectivity index (χ0n) is 6.03. The molecular formula is C8H5BrFNO. The Balaban J connectivity index is 2.59. The van der Waals surface area contributed by atoms with Gasteiger partial charge in [-0.1, -0.05) is 15.9 Å². The van der Waals surface area contributed by atoms with Crippen LogP contribution in [0.5, 0.6) is 0 Å². The Kier molecular flexibility index (Phi) is 1.65. The van der Waals surface area contributed by atoms with Crippen LogP contribution in [0.15, 0.2) is 16.6 Å². The van der Waals surface area contributed by atoms with E-state index in [9.17, 15) is 9.18 Å². The van der Waals surface area contributed by atoms with Crippen molar-refractivity contribution in [1.82, 2.24) is 0 Å². The maximum atomic E-state index is 13.1. The number of hydrogen-bond donors (Lipinski definition) is 1. The second-order valence-corrected chi connectivity index (χ2v) is 3.55. The van der Waals surface area contributed by atoms with Crippen LogP contribution in [0.2, 0.25) is 0 Å². The zero-order valence-corrected chi connectivity index (χ0v) is 7.61. The minimum absolute atomic E-state index is 0.147. The lowest BCUT2D eigenvalue weighted by Gasteiger charge is -1.99. The van der Waals surface area contributed by atoms with E-state index in [0.717, 1.165) is 0 Å². The van der Waals surface area contributed by atoms with Crippen molar-refractivity contribution in [2.45, 2.75) is 6.42 Å². The smallest absolute Gasteiger partial charge is 0.228 e. The number of fused-ring (bicyclic) bond motifs is 1. The number of hydrogen-bond acceptors (Lipinski definition) is 1. The monoisotopic (exact) mass is 229 g/mol. The van der Waals surface area contributed by atoms with Gasteiger partial charge in [0, 0.05) is 15.7 Å². The van der Waals surface area contributed by atoms with Crippen LogP contribution >= 0.6 is 15.9 Å². The first-order chi connectivity index (χ1) is 5.66. The van der Waals surface area contributed by atoms with Crippen LogP contribution in [-0.2, 0) is 11.2 Å². The summed E-state index contributed by atoms with van der Waals surface area (Å²) in [5.41, 5.74) is 1.04. The summed E-state index contributed by atoms with van der Waals surface area (Å²) in [5, 5.41) is 2.57. The van der Waals surface area contributed by atoms with Crippen molar-refractivity contribution in [3.05, 3.63) is 28.0 Å². The summed E-state index contributed by atoms with van der Waals surface area (Å²) >= 11 is 3.14. The highest BCUT2D eigenvalue weighted by atomic mass is 79.9. The molecule has 0 spiro atoms. The molecule has 1 aliphatic heterocycles. The van der Waals surface area contributed by atoms with Gasteiger partial charge in [-0.05, 0) is 12.1 Å². The van der Waals surface area contributed by atoms with E-state index in [1.54, 1.807) is 6.07 Å². The third-order valence-electron chi connectivity index (χ3n) is 1.77. The predicted molar refractivity (Wildman–Crippen MR) is 46.4 cm³/mol. The first kappa shape index (κ1) is 7.73. The van der Waals surface area contributed by atoms with Gasteiger partial charge in [0.1, 0.15) is 5.82 Å². The summed E-state index contributed by atoms with van der Waals surface area (Å²) < 4.78 is 13.7. The van der Waals surface area contributed by atoms with E-state index in [4.69, 9.17) is 0 Å². The van der Waals surface area contributed by atoms with Gasteiger partial charge in [-0.25, -0.2) is 4.39 Å². The number of rotatable bonds is 0. The Hall–Kier alpha value is -0.900. The number of halogens is 2. The topological polar surface area (TPSA) is 29.1 Å². The van der Waals surface area contributed by atoms with Crippen LogP contribution in [-0.4, -0.2) is 5.91 Å². The van der Waals surface area contributed by atoms with E-state index < -0.39 is 0 Å². The fourth-order valence-electron chi connectivity index (χ4n) is 1.25. The molecular weight excluding hydrogens is 225 g/mol. The molecule has 0 aliphatic carbocycles. The van der Waals surface area contributed by atoms with Gasteiger partial charge < -0.3 is 5.32 Å². The average Bonchev–Trinajstić information content (AvgIpc) is 2.29. The Labute approximate surface area is 76.9 Å². The molecule has 0 saturated carbocycles. The molecule has 1 aliphatic rings. The molecule has 2 rings (SSSR count). The van der Waals surface area contributed by atoms with Crippen molar-refractivity contribution in [3.8, 4) is 0 Å². The number of benzene rings is 1. The first-order valence-electron chi connectivity index (χ1n) is 3.44. The third kappa shape index (κ3) is 1.12. The molecule has 0 atom stereocenters. The second kappa shape index (κ2) is 2.55. The minimum Gasteiger partial charge on any atom is -0.325 e. The maximum Gasteiger partial charge on any atom is 0.228 e. The van der Waals surface area contributed by atoms with E-state index in [-0.39, 0.29) is 18.1 Å². The first-order valence-corrected chi connectivity index (χ1v) is 4.24. The van der Waals surface area contributed by atoms with Gasteiger partial charge in [-0.15, -0.1) is 0 Å². The number of carbonyl (C=O) groups is 1. The van der Waals surface area contributed by atoms with Gasteiger partial charge in [-0.2, -0.15) is 0 Å². The summed E-state index contributed by atoms with van der Waals surface area (Å²) in [5.74, 6) is -0.486. The van der Waals surface area contributed by atoms with Crippen molar-refractivity contribution >= 4 is 27.5 Å². The SMILES string of the molecule is O=C1Cc2c(F)cc(Br)cc2N1. The molecule has 1 N–H and O–H groups in total. The van der Waals surface area contributed by atoms with Crippen LogP contribution in [0.3, 0.4) is 0 Å². The molecule has 1 aromatic rings. The fraction of sp³-hybridized carbons (Fsp3) is 0.125. The Bertz CT molecular complexity index is 364. The van der Waals surface area contributed by atoms with Crippen molar-refractivity contribution in [3.63, 3.8) is 0 Å². The second-order valence-electron chi connectivity index (χ2n) is 2.64. The van der Waals surface area contributed by atoms with E-state index in [1.807, 2.05) is 0 Å². The van der Waals surface area contributed by atoms with E-state index in [0.29, 0.717) is 15.7 Å². The molecule has 0 radical (unpaired) electrons. The normalized spacial score (nSPS) is 14.3. The average molecular weight is 230 g/mol. The largest absolute Gasteiger partial charge is 0.325 e. The Morgan fingerprint density at radius 1 is 1.50 bits per heavy atom. The molecule has 0 fully saturated rings. The molecule has 0 saturated heterocycles. The number of anilines is 1. The molecule has 1 amide bonds. The lowest BCUT2D eigenvalue weighted by Crippen LogP contribution is -2.03. The van der Waals surface area contributed by atoms with Crippen LogP contribution in [0, 0.1) is 5.82 Å². The number of amides is 1. The van der Waals surface area contributed by atoms with Crippen molar-refractivity contribution in [2.75, 3.05) is 5.32 Å². The van der Waals surface area contributed by atoms with Crippen LogP contribution < -0.4 is 5.32 Å². The van der Waals surface area contributed by atoms with Crippen molar-refractivity contribution < 1.29 is 9.18 Å². The Morgan fingerprint density at radius 2 is 2.25 bits per heavy atom. The maximum absolute atomic E-state index is 13.1. The van der Waals surface area contributed by atoms with Gasteiger partial charge in [0.2, 0.25) is 5.91 Å². The molecule has 0 bridgehead atoms. The van der Waals surface area contributed by atoms with Crippen molar-refractivity contribution in [1.29, 1.82) is 0 Å². The molecule has 1 heterocycles. The van der Waals surface area contributed by atoms with E-state index >= 15 is 0 Å². The standard InChI is InChI=1S/C8H5BrFNO/c9-4-1-6(10)5-3-8(12)11-7(5)2-4/h1-2H,3H2,(H,11,12). The van der Waals surface area contributed by atoms with Crippen LogP contribution in [0.1, 0.15) is 5.56 Å². The predicted octanol–water partition coefficient (Wildman–Crippen LogP) is 2.08. The van der Waals surface area contributed by atoms with Gasteiger partial charge in [0.15, 0.2) is 0 Å². The summed E-state index contributed by atoms with van der Waals surface area (Å²) in [6.45, 7) is 0. The lowest BCUT2D eigenvalue weighted by atomic mass is 10.1. The molecule has 0 unspecified atom stereocenters. The summed E-state index contributed by atoms with van der Waals surface area (Å²) in [7, 11) is 0. The Morgan fingerprint density at radius 3 is 3.00 bits per heavy atom. The van der Waals surface area contributed by atoms with Crippen molar-refractivity contribution in [2.24, 2.45) is 0 Å². The van der Waals surface area contributed by atoms with Crippen LogP contribution in [0.4, 0.5) is 10.1 Å².